The molecular weight excluding hydrogens is 454 g/mol. The van der Waals surface area contributed by atoms with Gasteiger partial charge in [0, 0.05) is 10.7 Å². The van der Waals surface area contributed by atoms with E-state index < -0.39 is 5.97 Å². The van der Waals surface area contributed by atoms with Crippen molar-refractivity contribution in [3.63, 3.8) is 0 Å². The van der Waals surface area contributed by atoms with Crippen molar-refractivity contribution in [3.8, 4) is 5.69 Å². The van der Waals surface area contributed by atoms with Gasteiger partial charge in [-0.25, -0.2) is 14.5 Å². The molecule has 2 aromatic heterocycles. The third-order valence-corrected chi connectivity index (χ3v) is 5.54. The van der Waals surface area contributed by atoms with E-state index in [1.165, 1.54) is 18.0 Å². The summed E-state index contributed by atoms with van der Waals surface area (Å²) in [5, 5.41) is 8.17. The van der Waals surface area contributed by atoms with Gasteiger partial charge in [-0.1, -0.05) is 23.4 Å². The van der Waals surface area contributed by atoms with Gasteiger partial charge in [0.2, 0.25) is 5.91 Å². The molecule has 2 N–H and O–H groups in total. The Kier molecular flexibility index (Phi) is 6.24. The second-order valence-corrected chi connectivity index (χ2v) is 7.95. The summed E-state index contributed by atoms with van der Waals surface area (Å²) in [6.45, 7) is 0. The fourth-order valence-electron chi connectivity index (χ4n) is 2.88. The molecule has 0 radical (unpaired) electrons. The van der Waals surface area contributed by atoms with Crippen molar-refractivity contribution in [3.05, 3.63) is 75.7 Å². The van der Waals surface area contributed by atoms with Gasteiger partial charge in [0.1, 0.15) is 5.39 Å². The number of halogens is 1. The molecule has 0 aliphatic heterocycles. The summed E-state index contributed by atoms with van der Waals surface area (Å²) in [4.78, 5) is 43.3. The van der Waals surface area contributed by atoms with Gasteiger partial charge in [0.15, 0.2) is 10.8 Å². The fourth-order valence-corrected chi connectivity index (χ4v) is 3.66. The predicted molar refractivity (Wildman–Crippen MR) is 122 cm³/mol. The number of thioether (sulfide) groups is 1. The maximum absolute atomic E-state index is 12.4. The lowest BCUT2D eigenvalue weighted by molar-refractivity contribution is -0.113. The molecule has 0 saturated carbocycles. The van der Waals surface area contributed by atoms with Crippen LogP contribution in [0.1, 0.15) is 10.4 Å². The number of fused-ring (bicyclic) bond motifs is 1. The van der Waals surface area contributed by atoms with Gasteiger partial charge in [-0.05, 0) is 48.5 Å². The number of aromatic nitrogens is 4. The van der Waals surface area contributed by atoms with Crippen LogP contribution in [0.5, 0.6) is 0 Å². The molecule has 1 amide bonds. The van der Waals surface area contributed by atoms with E-state index in [0.29, 0.717) is 33.0 Å². The topological polar surface area (TPSA) is 119 Å². The lowest BCUT2D eigenvalue weighted by Crippen LogP contribution is -2.16. The number of amides is 1. The molecule has 0 atom stereocenters. The number of carbonyl (C=O) groups excluding carboxylic acids is 2. The Labute approximate surface area is 190 Å². The van der Waals surface area contributed by atoms with Crippen LogP contribution in [0.2, 0.25) is 5.02 Å². The highest BCUT2D eigenvalue weighted by Gasteiger charge is 2.13. The zero-order valence-electron chi connectivity index (χ0n) is 16.7. The summed E-state index contributed by atoms with van der Waals surface area (Å²) < 4.78 is 6.18. The molecule has 2 heterocycles. The van der Waals surface area contributed by atoms with Crippen LogP contribution in [-0.4, -0.2) is 44.5 Å². The molecule has 162 valence electrons. The molecule has 4 rings (SSSR count). The molecule has 0 aliphatic carbocycles. The third kappa shape index (κ3) is 4.66. The highest BCUT2D eigenvalue weighted by atomic mass is 35.5. The molecule has 0 spiro atoms. The van der Waals surface area contributed by atoms with E-state index in [9.17, 15) is 14.4 Å². The Morgan fingerprint density at radius 1 is 1.16 bits per heavy atom. The fraction of sp³-hybridized carbons (Fsp3) is 0.0952. The molecule has 0 bridgehead atoms. The number of methoxy groups -OCH3 is 1. The number of benzene rings is 2. The summed E-state index contributed by atoms with van der Waals surface area (Å²) in [5.74, 6) is -0.737. The molecule has 0 unspecified atom stereocenters. The number of ether oxygens (including phenoxy) is 1. The Morgan fingerprint density at radius 3 is 2.56 bits per heavy atom. The summed E-state index contributed by atoms with van der Waals surface area (Å²) in [6, 6.07) is 13.3. The maximum Gasteiger partial charge on any atom is 0.337 e. The summed E-state index contributed by atoms with van der Waals surface area (Å²) in [7, 11) is 1.30. The maximum atomic E-state index is 12.4. The molecule has 0 fully saturated rings. The average Bonchev–Trinajstić information content (AvgIpc) is 3.23. The van der Waals surface area contributed by atoms with E-state index in [-0.39, 0.29) is 22.4 Å². The Balaban J connectivity index is 1.47. The summed E-state index contributed by atoms with van der Waals surface area (Å²) in [5.41, 5.74) is 1.63. The van der Waals surface area contributed by atoms with Crippen molar-refractivity contribution >= 4 is 52.0 Å². The zero-order valence-corrected chi connectivity index (χ0v) is 18.2. The SMILES string of the molecule is COC(=O)c1ccc(NC(=O)CSc2nc3c(cnn3-c3ccc(Cl)cc3)c(=O)[nH]2)cc1. The van der Waals surface area contributed by atoms with Crippen molar-refractivity contribution in [2.24, 2.45) is 0 Å². The largest absolute Gasteiger partial charge is 0.465 e. The molecule has 4 aromatic rings. The van der Waals surface area contributed by atoms with Crippen LogP contribution in [0, 0.1) is 0 Å². The van der Waals surface area contributed by atoms with E-state index in [1.54, 1.807) is 48.5 Å². The number of aromatic amines is 1. The minimum Gasteiger partial charge on any atom is -0.465 e. The van der Waals surface area contributed by atoms with Crippen LogP contribution in [0.3, 0.4) is 0 Å². The predicted octanol–water partition coefficient (Wildman–Crippen LogP) is 3.28. The first-order valence-corrected chi connectivity index (χ1v) is 10.7. The van der Waals surface area contributed by atoms with Gasteiger partial charge < -0.3 is 15.0 Å². The number of nitrogens with one attached hydrogen (secondary N) is 2. The van der Waals surface area contributed by atoms with Gasteiger partial charge in [0.05, 0.1) is 30.3 Å². The second-order valence-electron chi connectivity index (χ2n) is 6.55. The van der Waals surface area contributed by atoms with Crippen LogP contribution in [0.15, 0.2) is 64.7 Å². The van der Waals surface area contributed by atoms with Crippen molar-refractivity contribution in [1.82, 2.24) is 19.7 Å². The van der Waals surface area contributed by atoms with Crippen molar-refractivity contribution in [1.29, 1.82) is 0 Å². The number of esters is 1. The first kappa shape index (κ1) is 21.6. The van der Waals surface area contributed by atoms with Crippen LogP contribution in [0.4, 0.5) is 5.69 Å². The van der Waals surface area contributed by atoms with Gasteiger partial charge >= 0.3 is 5.97 Å². The standard InChI is InChI=1S/C21H16ClN5O4S/c1-31-20(30)12-2-6-14(7-3-12)24-17(28)11-32-21-25-18-16(19(29)26-21)10-23-27(18)15-8-4-13(22)5-9-15/h2-10H,11H2,1H3,(H,24,28)(H,25,26,29). The van der Waals surface area contributed by atoms with Gasteiger partial charge in [-0.15, -0.1) is 0 Å². The number of carbonyl (C=O) groups is 2. The van der Waals surface area contributed by atoms with Crippen LogP contribution < -0.4 is 10.9 Å². The van der Waals surface area contributed by atoms with Gasteiger partial charge in [0.25, 0.3) is 5.56 Å². The molecule has 0 aliphatic rings. The van der Waals surface area contributed by atoms with Crippen molar-refractivity contribution < 1.29 is 14.3 Å². The lowest BCUT2D eigenvalue weighted by Gasteiger charge is -2.07. The number of rotatable bonds is 6. The van der Waals surface area contributed by atoms with Crippen LogP contribution in [-0.2, 0) is 9.53 Å². The second kappa shape index (κ2) is 9.25. The normalized spacial score (nSPS) is 10.8. The molecule has 0 saturated heterocycles. The number of nitrogens with zero attached hydrogens (tertiary/aromatic N) is 3. The Bertz CT molecular complexity index is 1350. The van der Waals surface area contributed by atoms with Crippen LogP contribution >= 0.6 is 23.4 Å². The molecule has 2 aromatic carbocycles. The van der Waals surface area contributed by atoms with Gasteiger partial charge in [-0.2, -0.15) is 5.10 Å². The third-order valence-electron chi connectivity index (χ3n) is 4.42. The lowest BCUT2D eigenvalue weighted by atomic mass is 10.2. The van der Waals surface area contributed by atoms with E-state index in [0.717, 1.165) is 11.8 Å². The van der Waals surface area contributed by atoms with Gasteiger partial charge in [-0.3, -0.25) is 9.59 Å². The zero-order chi connectivity index (χ0) is 22.7. The summed E-state index contributed by atoms with van der Waals surface area (Å²) >= 11 is 7.02. The van der Waals surface area contributed by atoms with Crippen molar-refractivity contribution in [2.75, 3.05) is 18.2 Å². The Morgan fingerprint density at radius 2 is 1.88 bits per heavy atom. The van der Waals surface area contributed by atoms with E-state index in [1.807, 2.05) is 0 Å². The molecule has 11 heteroatoms. The van der Waals surface area contributed by atoms with Crippen LogP contribution in [0.25, 0.3) is 16.7 Å². The molecule has 9 nitrogen and oxygen atoms in total. The van der Waals surface area contributed by atoms with E-state index >= 15 is 0 Å². The highest BCUT2D eigenvalue weighted by Crippen LogP contribution is 2.20. The first-order valence-electron chi connectivity index (χ1n) is 9.29. The molecular formula is C21H16ClN5O4S. The number of anilines is 1. The number of hydrogen-bond donors (Lipinski definition) is 2. The highest BCUT2D eigenvalue weighted by molar-refractivity contribution is 7.99. The van der Waals surface area contributed by atoms with Crippen molar-refractivity contribution in [2.45, 2.75) is 5.16 Å². The minimum atomic E-state index is -0.457. The monoisotopic (exact) mass is 469 g/mol. The van der Waals surface area contributed by atoms with E-state index in [4.69, 9.17) is 11.6 Å². The number of H-pyrrole nitrogens is 1. The first-order chi connectivity index (χ1) is 15.4. The average molecular weight is 470 g/mol. The minimum absolute atomic E-state index is 0.0162. The Hall–Kier alpha value is -3.63. The van der Waals surface area contributed by atoms with E-state index in [2.05, 4.69) is 25.1 Å². The summed E-state index contributed by atoms with van der Waals surface area (Å²) in [6.07, 6.45) is 1.44. The quantitative estimate of drug-likeness (QED) is 0.252. The molecule has 32 heavy (non-hydrogen) atoms. The smallest absolute Gasteiger partial charge is 0.337 e. The number of hydrogen-bond acceptors (Lipinski definition) is 7.